The van der Waals surface area contributed by atoms with Crippen molar-refractivity contribution in [1.82, 2.24) is 5.32 Å². The summed E-state index contributed by atoms with van der Waals surface area (Å²) >= 11 is 6.03. The SMILES string of the molecule is CC1CN(c2cccc(Cl)c2)C(CCO)CN1. The number of nitrogens with one attached hydrogen (secondary N) is 1. The van der Waals surface area contributed by atoms with Gasteiger partial charge >= 0.3 is 0 Å². The minimum atomic E-state index is 0.220. The van der Waals surface area contributed by atoms with E-state index in [0.717, 1.165) is 30.2 Å². The van der Waals surface area contributed by atoms with Crippen LogP contribution >= 0.6 is 11.6 Å². The van der Waals surface area contributed by atoms with Crippen LogP contribution in [-0.2, 0) is 0 Å². The van der Waals surface area contributed by atoms with Crippen LogP contribution in [0.1, 0.15) is 13.3 Å². The fourth-order valence-corrected chi connectivity index (χ4v) is 2.52. The Morgan fingerprint density at radius 2 is 2.35 bits per heavy atom. The zero-order chi connectivity index (χ0) is 12.3. The molecule has 0 bridgehead atoms. The van der Waals surface area contributed by atoms with Gasteiger partial charge in [-0.05, 0) is 31.5 Å². The Morgan fingerprint density at radius 1 is 1.53 bits per heavy atom. The van der Waals surface area contributed by atoms with E-state index in [2.05, 4.69) is 23.2 Å². The minimum absolute atomic E-state index is 0.220. The van der Waals surface area contributed by atoms with Crippen molar-refractivity contribution in [3.05, 3.63) is 29.3 Å². The highest BCUT2D eigenvalue weighted by Gasteiger charge is 2.25. The summed E-state index contributed by atoms with van der Waals surface area (Å²) in [6, 6.07) is 8.73. The molecule has 1 aliphatic rings. The Balaban J connectivity index is 2.19. The number of hydrogen-bond acceptors (Lipinski definition) is 3. The molecule has 0 aliphatic carbocycles. The highest BCUT2D eigenvalue weighted by molar-refractivity contribution is 6.30. The van der Waals surface area contributed by atoms with Crippen molar-refractivity contribution in [2.24, 2.45) is 0 Å². The average molecular weight is 255 g/mol. The first kappa shape index (κ1) is 12.7. The number of aliphatic hydroxyl groups is 1. The molecule has 0 amide bonds. The Kier molecular flexibility index (Phi) is 4.26. The number of benzene rings is 1. The number of aliphatic hydroxyl groups excluding tert-OH is 1. The lowest BCUT2D eigenvalue weighted by Gasteiger charge is -2.41. The van der Waals surface area contributed by atoms with Gasteiger partial charge in [0.2, 0.25) is 0 Å². The summed E-state index contributed by atoms with van der Waals surface area (Å²) in [5, 5.41) is 13.3. The number of halogens is 1. The summed E-state index contributed by atoms with van der Waals surface area (Å²) in [5.41, 5.74) is 1.14. The first-order valence-corrected chi connectivity index (χ1v) is 6.45. The molecule has 0 saturated carbocycles. The van der Waals surface area contributed by atoms with Crippen LogP contribution in [0.4, 0.5) is 5.69 Å². The van der Waals surface area contributed by atoms with Gasteiger partial charge in [0.05, 0.1) is 0 Å². The maximum Gasteiger partial charge on any atom is 0.0451 e. The summed E-state index contributed by atoms with van der Waals surface area (Å²) in [6.07, 6.45) is 0.784. The van der Waals surface area contributed by atoms with Crippen LogP contribution in [0.15, 0.2) is 24.3 Å². The van der Waals surface area contributed by atoms with Crippen LogP contribution in [0.25, 0.3) is 0 Å². The molecule has 3 nitrogen and oxygen atoms in total. The molecule has 1 saturated heterocycles. The molecule has 1 aromatic carbocycles. The monoisotopic (exact) mass is 254 g/mol. The van der Waals surface area contributed by atoms with Gasteiger partial charge in [0.25, 0.3) is 0 Å². The van der Waals surface area contributed by atoms with E-state index in [4.69, 9.17) is 16.7 Å². The first-order chi connectivity index (χ1) is 8.20. The molecule has 0 spiro atoms. The van der Waals surface area contributed by atoms with Gasteiger partial charge in [0.15, 0.2) is 0 Å². The second-order valence-electron chi connectivity index (χ2n) is 4.61. The van der Waals surface area contributed by atoms with Gasteiger partial charge < -0.3 is 15.3 Å². The van der Waals surface area contributed by atoms with Crippen LogP contribution in [0, 0.1) is 0 Å². The molecule has 1 aliphatic heterocycles. The van der Waals surface area contributed by atoms with Crippen molar-refractivity contribution >= 4 is 17.3 Å². The summed E-state index contributed by atoms with van der Waals surface area (Å²) in [4.78, 5) is 2.34. The van der Waals surface area contributed by atoms with Crippen LogP contribution in [0.2, 0.25) is 5.02 Å². The Hall–Kier alpha value is -0.770. The Morgan fingerprint density at radius 3 is 3.06 bits per heavy atom. The lowest BCUT2D eigenvalue weighted by Crippen LogP contribution is -2.56. The molecule has 1 heterocycles. The van der Waals surface area contributed by atoms with Gasteiger partial charge in [0.1, 0.15) is 0 Å². The topological polar surface area (TPSA) is 35.5 Å². The van der Waals surface area contributed by atoms with Crippen molar-refractivity contribution in [2.45, 2.75) is 25.4 Å². The first-order valence-electron chi connectivity index (χ1n) is 6.07. The van der Waals surface area contributed by atoms with E-state index >= 15 is 0 Å². The van der Waals surface area contributed by atoms with Crippen LogP contribution < -0.4 is 10.2 Å². The van der Waals surface area contributed by atoms with Crippen LogP contribution in [0.3, 0.4) is 0 Å². The Bertz CT molecular complexity index is 372. The molecular formula is C13H19ClN2O. The van der Waals surface area contributed by atoms with Crippen LogP contribution in [-0.4, -0.2) is 36.9 Å². The number of piperazine rings is 1. The molecule has 94 valence electrons. The van der Waals surface area contributed by atoms with Gasteiger partial charge in [0, 0.05) is 42.5 Å². The largest absolute Gasteiger partial charge is 0.396 e. The number of rotatable bonds is 3. The third-order valence-electron chi connectivity index (χ3n) is 3.22. The highest BCUT2D eigenvalue weighted by atomic mass is 35.5. The second kappa shape index (κ2) is 5.71. The molecule has 2 unspecified atom stereocenters. The molecule has 4 heteroatoms. The van der Waals surface area contributed by atoms with E-state index < -0.39 is 0 Å². The lowest BCUT2D eigenvalue weighted by atomic mass is 10.1. The van der Waals surface area contributed by atoms with Gasteiger partial charge in [-0.25, -0.2) is 0 Å². The second-order valence-corrected chi connectivity index (χ2v) is 5.04. The van der Waals surface area contributed by atoms with Gasteiger partial charge in [-0.15, -0.1) is 0 Å². The molecule has 2 rings (SSSR count). The van der Waals surface area contributed by atoms with E-state index in [1.165, 1.54) is 0 Å². The van der Waals surface area contributed by atoms with Gasteiger partial charge in [-0.2, -0.15) is 0 Å². The van der Waals surface area contributed by atoms with E-state index in [0.29, 0.717) is 12.1 Å². The molecule has 1 fully saturated rings. The molecule has 17 heavy (non-hydrogen) atoms. The summed E-state index contributed by atoms with van der Waals surface area (Å²) in [7, 11) is 0. The highest BCUT2D eigenvalue weighted by Crippen LogP contribution is 2.24. The van der Waals surface area contributed by atoms with E-state index in [1.54, 1.807) is 0 Å². The third-order valence-corrected chi connectivity index (χ3v) is 3.45. The quantitative estimate of drug-likeness (QED) is 0.865. The summed E-state index contributed by atoms with van der Waals surface area (Å²) in [6.45, 7) is 4.25. The molecular weight excluding hydrogens is 236 g/mol. The van der Waals surface area contributed by atoms with Crippen molar-refractivity contribution in [2.75, 3.05) is 24.6 Å². The number of anilines is 1. The molecule has 1 aromatic rings. The molecule has 0 aromatic heterocycles. The maximum atomic E-state index is 9.12. The third kappa shape index (κ3) is 3.12. The Labute approximate surface area is 107 Å². The predicted molar refractivity (Wildman–Crippen MR) is 71.8 cm³/mol. The van der Waals surface area contributed by atoms with E-state index in [1.807, 2.05) is 18.2 Å². The van der Waals surface area contributed by atoms with E-state index in [9.17, 15) is 0 Å². The van der Waals surface area contributed by atoms with Gasteiger partial charge in [-0.3, -0.25) is 0 Å². The molecule has 2 N–H and O–H groups in total. The number of hydrogen-bond donors (Lipinski definition) is 2. The maximum absolute atomic E-state index is 9.12. The molecule has 0 radical (unpaired) electrons. The average Bonchev–Trinajstić information content (AvgIpc) is 2.32. The number of nitrogens with zero attached hydrogens (tertiary/aromatic N) is 1. The van der Waals surface area contributed by atoms with Crippen molar-refractivity contribution in [3.8, 4) is 0 Å². The van der Waals surface area contributed by atoms with Crippen LogP contribution in [0.5, 0.6) is 0 Å². The van der Waals surface area contributed by atoms with Crippen molar-refractivity contribution in [1.29, 1.82) is 0 Å². The fraction of sp³-hybridized carbons (Fsp3) is 0.538. The standard InChI is InChI=1S/C13H19ClN2O/c1-10-9-16(13(5-6-17)8-15-10)12-4-2-3-11(14)7-12/h2-4,7,10,13,15,17H,5-6,8-9H2,1H3. The zero-order valence-corrected chi connectivity index (χ0v) is 10.8. The van der Waals surface area contributed by atoms with Gasteiger partial charge in [-0.1, -0.05) is 17.7 Å². The smallest absolute Gasteiger partial charge is 0.0451 e. The van der Waals surface area contributed by atoms with Crippen molar-refractivity contribution in [3.63, 3.8) is 0 Å². The fourth-order valence-electron chi connectivity index (χ4n) is 2.33. The van der Waals surface area contributed by atoms with E-state index in [-0.39, 0.29) is 6.61 Å². The summed E-state index contributed by atoms with van der Waals surface area (Å²) < 4.78 is 0. The zero-order valence-electron chi connectivity index (χ0n) is 10.1. The lowest BCUT2D eigenvalue weighted by molar-refractivity contribution is 0.260. The van der Waals surface area contributed by atoms with Crippen molar-refractivity contribution < 1.29 is 5.11 Å². The predicted octanol–water partition coefficient (Wildman–Crippen LogP) is 1.89. The molecule has 2 atom stereocenters. The minimum Gasteiger partial charge on any atom is -0.396 e. The normalized spacial score (nSPS) is 25.0. The summed E-state index contributed by atoms with van der Waals surface area (Å²) in [5.74, 6) is 0.